The van der Waals surface area contributed by atoms with Gasteiger partial charge in [0.25, 0.3) is 11.1 Å². The minimum absolute atomic E-state index is 0.0195. The molecule has 6 rings (SSSR count). The molecule has 3 aromatic carbocycles. The van der Waals surface area contributed by atoms with E-state index in [9.17, 15) is 14.4 Å². The van der Waals surface area contributed by atoms with Gasteiger partial charge < -0.3 is 41.1 Å². The Morgan fingerprint density at radius 1 is 0.530 bits per heavy atom. The highest BCUT2D eigenvalue weighted by atomic mass is 35.5. The number of carboxylic acids is 1. The Morgan fingerprint density at radius 3 is 1.20 bits per heavy atom. The maximum Gasteiger partial charge on any atom is 0.335 e. The number of nitrogens with zero attached hydrogens (tertiary/aromatic N) is 6. The Labute approximate surface area is 414 Å². The molecule has 0 aliphatic carbocycles. The molecule has 66 heavy (non-hydrogen) atoms. The normalized spacial score (nSPS) is 16.5. The van der Waals surface area contributed by atoms with E-state index in [1.54, 1.807) is 67.4 Å². The first-order valence-corrected chi connectivity index (χ1v) is 27.9. The van der Waals surface area contributed by atoms with Gasteiger partial charge in [0.1, 0.15) is 0 Å². The zero-order valence-electron chi connectivity index (χ0n) is 39.0. The lowest BCUT2D eigenvalue weighted by Crippen LogP contribution is -2.43. The van der Waals surface area contributed by atoms with Crippen LogP contribution in [0.4, 0.5) is 0 Å². The number of aromatic carboxylic acids is 1. The zero-order valence-corrected chi connectivity index (χ0v) is 43.1. The van der Waals surface area contributed by atoms with Crippen LogP contribution in [-0.2, 0) is 19.6 Å². The number of nitrogens with two attached hydrogens (primary N) is 1. The van der Waals surface area contributed by atoms with Crippen LogP contribution in [0.3, 0.4) is 0 Å². The fraction of sp³-hybridized carbons (Fsp3) is 0.553. The van der Waals surface area contributed by atoms with E-state index in [1.807, 2.05) is 36.4 Å². The number of carbonyl (C=O) groups is 3. The number of halogens is 1. The van der Waals surface area contributed by atoms with Gasteiger partial charge in [-0.3, -0.25) is 24.3 Å². The summed E-state index contributed by atoms with van der Waals surface area (Å²) in [5.41, 5.74) is 10.5. The zero-order chi connectivity index (χ0) is 47.9. The van der Waals surface area contributed by atoms with E-state index in [2.05, 4.69) is 68.0 Å². The van der Waals surface area contributed by atoms with Crippen LogP contribution >= 0.6 is 54.8 Å². The monoisotopic (exact) mass is 1010 g/mol. The highest BCUT2D eigenvalue weighted by Gasteiger charge is 2.16. The van der Waals surface area contributed by atoms with Gasteiger partial charge in [-0.15, -0.1) is 0 Å². The molecule has 0 radical (unpaired) electrons. The minimum atomic E-state index is -0.865. The SMILES string of the molecule is CN1CCN(Cc2ccc(C(=O)Cl)cc2)CC1.CN1CCN(Cc2ccc(C(=O)NCCSSCCO)cc2)CC1.CN1CCN(Cc2ccc(C(=O)O)cc2)CC1.NCCSSCCO. The number of amides is 1. The van der Waals surface area contributed by atoms with Gasteiger partial charge in [0.15, 0.2) is 0 Å². The largest absolute Gasteiger partial charge is 0.478 e. The highest BCUT2D eigenvalue weighted by Crippen LogP contribution is 2.20. The molecule has 0 atom stereocenters. The molecule has 0 aromatic heterocycles. The second kappa shape index (κ2) is 34.8. The number of hydrogen-bond acceptors (Lipinski definition) is 16. The molecular formula is C47H73ClN8O6S4. The van der Waals surface area contributed by atoms with Gasteiger partial charge in [-0.1, -0.05) is 79.6 Å². The molecule has 3 saturated heterocycles. The molecular weight excluding hydrogens is 936 g/mol. The van der Waals surface area contributed by atoms with Crippen molar-refractivity contribution in [1.29, 1.82) is 0 Å². The Hall–Kier alpha value is -2.40. The van der Waals surface area contributed by atoms with Gasteiger partial charge in [-0.2, -0.15) is 0 Å². The van der Waals surface area contributed by atoms with Crippen molar-refractivity contribution in [1.82, 2.24) is 34.7 Å². The lowest BCUT2D eigenvalue weighted by molar-refractivity contribution is 0.0696. The number of carbonyl (C=O) groups excluding carboxylic acids is 2. The van der Waals surface area contributed by atoms with E-state index in [1.165, 1.54) is 16.7 Å². The molecule has 368 valence electrons. The third kappa shape index (κ3) is 25.3. The first-order valence-electron chi connectivity index (χ1n) is 22.5. The molecule has 3 fully saturated rings. The summed E-state index contributed by atoms with van der Waals surface area (Å²) >= 11 is 5.41. The molecule has 1 amide bonds. The highest BCUT2D eigenvalue weighted by molar-refractivity contribution is 8.77. The third-order valence-electron chi connectivity index (χ3n) is 10.8. The van der Waals surface area contributed by atoms with Crippen molar-refractivity contribution < 1.29 is 29.7 Å². The molecule has 19 heteroatoms. The van der Waals surface area contributed by atoms with Crippen LogP contribution in [-0.4, -0.2) is 211 Å². The number of carboxylic acid groups (broad SMARTS) is 1. The summed E-state index contributed by atoms with van der Waals surface area (Å²) in [7, 11) is 13.1. The molecule has 0 unspecified atom stereocenters. The van der Waals surface area contributed by atoms with Crippen LogP contribution in [0.1, 0.15) is 47.8 Å². The van der Waals surface area contributed by atoms with Crippen molar-refractivity contribution in [2.45, 2.75) is 19.6 Å². The van der Waals surface area contributed by atoms with Crippen molar-refractivity contribution in [3.63, 3.8) is 0 Å². The summed E-state index contributed by atoms with van der Waals surface area (Å²) in [6, 6.07) is 22.6. The predicted molar refractivity (Wildman–Crippen MR) is 280 cm³/mol. The maximum absolute atomic E-state index is 12.1. The smallest absolute Gasteiger partial charge is 0.335 e. The number of rotatable bonds is 20. The minimum Gasteiger partial charge on any atom is -0.478 e. The van der Waals surface area contributed by atoms with Gasteiger partial charge in [0.2, 0.25) is 0 Å². The lowest BCUT2D eigenvalue weighted by Gasteiger charge is -2.32. The average molecular weight is 1010 g/mol. The van der Waals surface area contributed by atoms with Crippen LogP contribution in [0.2, 0.25) is 0 Å². The second-order valence-corrected chi connectivity index (χ2v) is 21.9. The van der Waals surface area contributed by atoms with Crippen molar-refractivity contribution >= 4 is 71.9 Å². The quantitative estimate of drug-likeness (QED) is 0.0594. The van der Waals surface area contributed by atoms with Crippen molar-refractivity contribution in [2.24, 2.45) is 5.73 Å². The van der Waals surface area contributed by atoms with E-state index >= 15 is 0 Å². The first-order chi connectivity index (χ1) is 31.9. The average Bonchev–Trinajstić information content (AvgIpc) is 3.32. The molecule has 3 aliphatic heterocycles. The molecule has 3 aromatic rings. The summed E-state index contributed by atoms with van der Waals surface area (Å²) < 4.78 is 0. The van der Waals surface area contributed by atoms with Crippen LogP contribution < -0.4 is 11.1 Å². The van der Waals surface area contributed by atoms with Crippen LogP contribution in [0.5, 0.6) is 0 Å². The van der Waals surface area contributed by atoms with Gasteiger partial charge in [-0.25, -0.2) is 4.79 Å². The number of benzene rings is 3. The standard InChI is InChI=1S/C17H27N3O2S2.C13H17ClN2O.C13H18N2O2.C4H11NOS2/c1-19-7-9-20(10-8-19)14-15-2-4-16(5-3-15)17(22)18-6-12-23-24-13-11-21;1-15-6-8-16(9-7-15)10-11-2-4-12(5-3-11)13(14)17;1-14-6-8-15(9-7-14)10-11-2-4-12(5-3-11)13(16)17;5-1-3-7-8-4-2-6/h2-5,21H,6-14H2,1H3,(H,18,22);2-5H,6-10H2,1H3;2-5H,6-10H2,1H3,(H,16,17);6H,1-5H2. The third-order valence-corrected chi connectivity index (χ3v) is 15.8. The molecule has 0 saturated carbocycles. The number of likely N-dealkylation sites (N-methyl/N-ethyl adjacent to an activating group) is 3. The van der Waals surface area contributed by atoms with E-state index < -0.39 is 11.2 Å². The van der Waals surface area contributed by atoms with Crippen LogP contribution in [0.15, 0.2) is 72.8 Å². The fourth-order valence-electron chi connectivity index (χ4n) is 6.71. The van der Waals surface area contributed by atoms with E-state index in [4.69, 9.17) is 32.7 Å². The van der Waals surface area contributed by atoms with E-state index in [0.29, 0.717) is 23.2 Å². The van der Waals surface area contributed by atoms with E-state index in [0.717, 1.165) is 128 Å². The Balaban J connectivity index is 0.000000247. The van der Waals surface area contributed by atoms with Crippen LogP contribution in [0.25, 0.3) is 0 Å². The number of piperazine rings is 3. The van der Waals surface area contributed by atoms with Crippen molar-refractivity contribution in [3.8, 4) is 0 Å². The number of nitrogens with one attached hydrogen (secondary N) is 1. The van der Waals surface area contributed by atoms with Crippen molar-refractivity contribution in [3.05, 3.63) is 106 Å². The Kier molecular flexibility index (Phi) is 30.6. The molecule has 3 aliphatic rings. The Bertz CT molecular complexity index is 1680. The maximum atomic E-state index is 12.1. The number of aliphatic hydroxyl groups is 2. The van der Waals surface area contributed by atoms with Gasteiger partial charge >= 0.3 is 5.97 Å². The summed E-state index contributed by atoms with van der Waals surface area (Å²) in [6.45, 7) is 17.9. The van der Waals surface area contributed by atoms with E-state index in [-0.39, 0.29) is 19.1 Å². The van der Waals surface area contributed by atoms with Gasteiger partial charge in [0.05, 0.1) is 18.8 Å². The second-order valence-electron chi connectivity index (χ2n) is 16.2. The van der Waals surface area contributed by atoms with Gasteiger partial charge in [0, 0.05) is 145 Å². The first kappa shape index (κ1) is 57.9. The number of aliphatic hydroxyl groups excluding tert-OH is 2. The number of hydrogen-bond donors (Lipinski definition) is 5. The summed E-state index contributed by atoms with van der Waals surface area (Å²) in [6.07, 6.45) is 0. The molecule has 3 heterocycles. The molecule has 0 spiro atoms. The fourth-order valence-corrected chi connectivity index (χ4v) is 10.1. The molecule has 14 nitrogen and oxygen atoms in total. The van der Waals surface area contributed by atoms with Gasteiger partial charge in [-0.05, 0) is 85.8 Å². The van der Waals surface area contributed by atoms with Crippen molar-refractivity contribution in [2.75, 3.05) is 149 Å². The predicted octanol–water partition coefficient (Wildman–Crippen LogP) is 4.80. The summed E-state index contributed by atoms with van der Waals surface area (Å²) in [4.78, 5) is 48.0. The van der Waals surface area contributed by atoms with Crippen LogP contribution in [0, 0.1) is 0 Å². The summed E-state index contributed by atoms with van der Waals surface area (Å²) in [5.74, 6) is 2.48. The molecule has 6 N–H and O–H groups in total. The summed E-state index contributed by atoms with van der Waals surface area (Å²) in [5, 5.41) is 28.3. The lowest BCUT2D eigenvalue weighted by atomic mass is 10.1. The molecule has 0 bridgehead atoms. The topological polar surface area (TPSA) is 169 Å². The Morgan fingerprint density at radius 2 is 0.864 bits per heavy atom.